The van der Waals surface area contributed by atoms with E-state index in [4.69, 9.17) is 37.4 Å². The minimum absolute atomic E-state index is 0.0520. The summed E-state index contributed by atoms with van der Waals surface area (Å²) in [6.45, 7) is 6.62. The van der Waals surface area contributed by atoms with Crippen LogP contribution >= 0.6 is 23.2 Å². The molecule has 2 heterocycles. The van der Waals surface area contributed by atoms with Crippen LogP contribution in [0.4, 0.5) is 22.4 Å². The van der Waals surface area contributed by atoms with E-state index in [-0.39, 0.29) is 74.1 Å². The van der Waals surface area contributed by atoms with Crippen LogP contribution in [0.2, 0.25) is 10.0 Å². The highest BCUT2D eigenvalue weighted by Crippen LogP contribution is 2.35. The Balaban J connectivity index is 1.12. The minimum atomic E-state index is -4.76. The summed E-state index contributed by atoms with van der Waals surface area (Å²) in [6, 6.07) is 14.1. The van der Waals surface area contributed by atoms with Gasteiger partial charge in [-0.1, -0.05) is 35.3 Å². The molecular formula is C53H65Cl2F4N7O9. The lowest BCUT2D eigenvalue weighted by molar-refractivity contribution is -0.165. The number of nitrogens with one attached hydrogen (secondary N) is 3. The monoisotopic (exact) mass is 1090 g/mol. The zero-order valence-corrected chi connectivity index (χ0v) is 44.6. The van der Waals surface area contributed by atoms with Crippen LogP contribution < -0.4 is 20.7 Å². The maximum atomic E-state index is 15.7. The molecule has 4 amide bonds. The van der Waals surface area contributed by atoms with Gasteiger partial charge >= 0.3 is 18.2 Å². The SMILES string of the molecule is COC[C@H](NC(=O)[C@H](C)NCc1c(F)cc(Cl)cc1Oc1ccc(-c2cnc(CN(C(=O)OC(C)(C)C)C3CCC3)n2C)cc1)C(=O)N[C@@]1(Cc2ccc(Cl)cc2)CCCN(C(=O)[C@@H](CC(=O)OC)CC(F)(F)F)C1. The maximum Gasteiger partial charge on any atom is 0.410 e. The number of aromatic nitrogens is 2. The van der Waals surface area contributed by atoms with Gasteiger partial charge in [-0.15, -0.1) is 0 Å². The molecule has 408 valence electrons. The Morgan fingerprint density at radius 2 is 1.64 bits per heavy atom. The first-order valence-electron chi connectivity index (χ1n) is 24.6. The largest absolute Gasteiger partial charge is 0.469 e. The Kier molecular flexibility index (Phi) is 19.6. The molecule has 4 atom stereocenters. The minimum Gasteiger partial charge on any atom is -0.469 e. The van der Waals surface area contributed by atoms with Gasteiger partial charge in [0.1, 0.15) is 34.8 Å². The molecular weight excluding hydrogens is 1030 g/mol. The number of piperidine rings is 1. The van der Waals surface area contributed by atoms with E-state index in [1.807, 2.05) is 44.5 Å². The highest BCUT2D eigenvalue weighted by atomic mass is 35.5. The molecule has 4 aromatic rings. The molecule has 1 aliphatic carbocycles. The fourth-order valence-electron chi connectivity index (χ4n) is 9.06. The predicted octanol–water partition coefficient (Wildman–Crippen LogP) is 9.08. The fourth-order valence-corrected chi connectivity index (χ4v) is 9.38. The first kappa shape index (κ1) is 58.3. The number of alkyl halides is 3. The van der Waals surface area contributed by atoms with E-state index in [0.29, 0.717) is 28.6 Å². The second-order valence-electron chi connectivity index (χ2n) is 20.2. The molecule has 1 saturated carbocycles. The number of carbonyl (C=O) groups is 5. The Morgan fingerprint density at radius 1 is 0.947 bits per heavy atom. The van der Waals surface area contributed by atoms with Crippen LogP contribution in [0.25, 0.3) is 11.3 Å². The number of methoxy groups -OCH3 is 2. The van der Waals surface area contributed by atoms with Gasteiger partial charge < -0.3 is 44.4 Å². The van der Waals surface area contributed by atoms with Crippen molar-refractivity contribution in [2.45, 2.75) is 128 Å². The van der Waals surface area contributed by atoms with Crippen LogP contribution in [0.5, 0.6) is 11.5 Å². The van der Waals surface area contributed by atoms with Crippen molar-refractivity contribution in [1.82, 2.24) is 35.3 Å². The molecule has 6 rings (SSSR count). The van der Waals surface area contributed by atoms with Gasteiger partial charge in [-0.05, 0) is 120 Å². The highest BCUT2D eigenvalue weighted by molar-refractivity contribution is 6.31. The van der Waals surface area contributed by atoms with E-state index >= 15 is 4.39 Å². The van der Waals surface area contributed by atoms with E-state index in [9.17, 15) is 37.1 Å². The number of ether oxygens (including phenoxy) is 4. The van der Waals surface area contributed by atoms with Gasteiger partial charge in [-0.25, -0.2) is 14.2 Å². The number of halogens is 6. The average Bonchev–Trinajstić information content (AvgIpc) is 3.68. The lowest BCUT2D eigenvalue weighted by Gasteiger charge is -2.45. The van der Waals surface area contributed by atoms with E-state index in [1.54, 1.807) is 47.5 Å². The lowest BCUT2D eigenvalue weighted by atomic mass is 9.82. The number of benzene rings is 3. The summed E-state index contributed by atoms with van der Waals surface area (Å²) in [5.41, 5.74) is 0.433. The van der Waals surface area contributed by atoms with E-state index < -0.39 is 77.7 Å². The quantitative estimate of drug-likeness (QED) is 0.0535. The van der Waals surface area contributed by atoms with Crippen molar-refractivity contribution >= 4 is 53.0 Å². The first-order chi connectivity index (χ1) is 35.4. The van der Waals surface area contributed by atoms with E-state index in [1.165, 1.54) is 25.0 Å². The van der Waals surface area contributed by atoms with Gasteiger partial charge in [0.05, 0.1) is 62.5 Å². The molecule has 22 heteroatoms. The number of esters is 1. The van der Waals surface area contributed by atoms with Gasteiger partial charge in [0.25, 0.3) is 0 Å². The summed E-state index contributed by atoms with van der Waals surface area (Å²) >= 11 is 12.4. The summed E-state index contributed by atoms with van der Waals surface area (Å²) in [5.74, 6) is -4.63. The number of likely N-dealkylation sites (tertiary alicyclic amines) is 1. The third-order valence-electron chi connectivity index (χ3n) is 13.2. The Morgan fingerprint density at radius 3 is 2.25 bits per heavy atom. The molecule has 3 N–H and O–H groups in total. The number of carbonyl (C=O) groups excluding carboxylic acids is 5. The molecule has 0 bridgehead atoms. The third-order valence-corrected chi connectivity index (χ3v) is 13.7. The van der Waals surface area contributed by atoms with Crippen LogP contribution in [0.3, 0.4) is 0 Å². The van der Waals surface area contributed by atoms with Crippen molar-refractivity contribution in [1.29, 1.82) is 0 Å². The van der Waals surface area contributed by atoms with Gasteiger partial charge in [0, 0.05) is 61.0 Å². The molecule has 0 radical (unpaired) electrons. The Hall–Kier alpha value is -5.96. The number of imidazole rings is 1. The van der Waals surface area contributed by atoms with E-state index in [2.05, 4.69) is 25.7 Å². The average molecular weight is 1090 g/mol. The number of rotatable bonds is 21. The number of hydrogen-bond acceptors (Lipinski definition) is 11. The Labute approximate surface area is 444 Å². The maximum absolute atomic E-state index is 15.7. The third kappa shape index (κ3) is 16.3. The molecule has 0 unspecified atom stereocenters. The number of amides is 4. The highest BCUT2D eigenvalue weighted by Gasteiger charge is 2.44. The van der Waals surface area contributed by atoms with Crippen LogP contribution in [-0.2, 0) is 59.9 Å². The van der Waals surface area contributed by atoms with Crippen molar-refractivity contribution < 1.29 is 60.5 Å². The smallest absolute Gasteiger partial charge is 0.410 e. The summed E-state index contributed by atoms with van der Waals surface area (Å²) in [5, 5.41) is 9.17. The summed E-state index contributed by atoms with van der Waals surface area (Å²) in [4.78, 5) is 74.7. The van der Waals surface area contributed by atoms with Crippen LogP contribution in [-0.4, -0.2) is 118 Å². The van der Waals surface area contributed by atoms with Gasteiger partial charge in [0.15, 0.2) is 0 Å². The summed E-state index contributed by atoms with van der Waals surface area (Å²) in [6.07, 6.45) is -2.24. The zero-order valence-electron chi connectivity index (χ0n) is 43.1. The summed E-state index contributed by atoms with van der Waals surface area (Å²) < 4.78 is 80.5. The van der Waals surface area contributed by atoms with Gasteiger partial charge in [0.2, 0.25) is 17.7 Å². The van der Waals surface area contributed by atoms with Crippen molar-refractivity contribution in [3.63, 3.8) is 0 Å². The van der Waals surface area contributed by atoms with Gasteiger partial charge in [-0.3, -0.25) is 24.1 Å². The fraction of sp³-hybridized carbons (Fsp3) is 0.509. The molecule has 16 nitrogen and oxygen atoms in total. The second kappa shape index (κ2) is 25.3. The molecule has 2 fully saturated rings. The van der Waals surface area contributed by atoms with Crippen LogP contribution in [0, 0.1) is 11.7 Å². The molecule has 1 aromatic heterocycles. The first-order valence-corrected chi connectivity index (χ1v) is 25.4. The normalized spacial score (nSPS) is 17.3. The Bertz CT molecular complexity index is 2650. The predicted molar refractivity (Wildman–Crippen MR) is 272 cm³/mol. The van der Waals surface area contributed by atoms with Crippen molar-refractivity contribution in [2.75, 3.05) is 33.9 Å². The number of hydrogen-bond donors (Lipinski definition) is 3. The van der Waals surface area contributed by atoms with Crippen LogP contribution in [0.1, 0.15) is 89.6 Å². The molecule has 2 aliphatic rings. The molecule has 1 aliphatic heterocycles. The van der Waals surface area contributed by atoms with Crippen molar-refractivity contribution in [3.05, 3.63) is 99.7 Å². The summed E-state index contributed by atoms with van der Waals surface area (Å²) in [7, 11) is 4.22. The van der Waals surface area contributed by atoms with Crippen LogP contribution in [0.15, 0.2) is 66.9 Å². The number of nitrogens with zero attached hydrogens (tertiary/aromatic N) is 4. The molecule has 3 aromatic carbocycles. The standard InChI is InChI=1S/C53H65Cl2F4N7O9/c1-32(47(68)62-42(30-72-6)48(69)63-52(25-33-12-16-36(54)17-13-33)20-9-21-65(31-52)49(70)35(22-46(67)73-7)26-53(57,58)59)60-27-40-41(56)23-37(55)24-44(40)74-39-18-14-34(15-19-39)43-28-61-45(64(43)5)29-66(38-10-8-11-38)50(71)75-51(2,3)4/h12-19,23-24,28,32,35,38,42,60H,8-11,20-22,25-27,29-31H2,1-7H3,(H,62,68)(H,63,69)/t32-,35-,42-,52+/m0/s1. The zero-order chi connectivity index (χ0) is 54.8. The molecule has 0 spiro atoms. The molecule has 1 saturated heterocycles. The van der Waals surface area contributed by atoms with Crippen molar-refractivity contribution in [3.8, 4) is 22.8 Å². The molecule has 75 heavy (non-hydrogen) atoms. The topological polar surface area (TPSA) is 183 Å². The lowest BCUT2D eigenvalue weighted by Crippen LogP contribution is -2.65. The second-order valence-corrected chi connectivity index (χ2v) is 21.0. The van der Waals surface area contributed by atoms with E-state index in [0.717, 1.165) is 43.7 Å². The van der Waals surface area contributed by atoms with Gasteiger partial charge in [-0.2, -0.15) is 13.2 Å². The van der Waals surface area contributed by atoms with Crippen molar-refractivity contribution in [2.24, 2.45) is 13.0 Å².